The maximum atomic E-state index is 5.89. The molecule has 1 aliphatic heterocycles. The van der Waals surface area contributed by atoms with Crippen molar-refractivity contribution in [2.75, 3.05) is 13.2 Å². The smallest absolute Gasteiger partial charge is 0.189 e. The molecular formula is C16H21N3O2. The molecule has 3 rings (SSSR count). The van der Waals surface area contributed by atoms with Crippen molar-refractivity contribution in [3.8, 4) is 0 Å². The number of nitrogens with zero attached hydrogens (tertiary/aromatic N) is 1. The Balaban J connectivity index is 1.61. The first-order valence-corrected chi connectivity index (χ1v) is 7.36. The molecule has 1 unspecified atom stereocenters. The number of rotatable bonds is 4. The van der Waals surface area contributed by atoms with Gasteiger partial charge < -0.3 is 20.2 Å². The van der Waals surface area contributed by atoms with Gasteiger partial charge in [-0.15, -0.1) is 0 Å². The number of para-hydroxylation sites is 1. The van der Waals surface area contributed by atoms with Crippen LogP contribution in [0.1, 0.15) is 24.2 Å². The Morgan fingerprint density at radius 2 is 2.29 bits per heavy atom. The SMILES string of the molecule is Cc1c(CN=C(N)NCC2CCCO2)oc2ccccc12. The molecule has 2 heterocycles. The maximum Gasteiger partial charge on any atom is 0.189 e. The van der Waals surface area contributed by atoms with Gasteiger partial charge in [-0.3, -0.25) is 0 Å². The first-order chi connectivity index (χ1) is 10.2. The summed E-state index contributed by atoms with van der Waals surface area (Å²) in [7, 11) is 0. The van der Waals surface area contributed by atoms with Crippen LogP contribution in [-0.4, -0.2) is 25.2 Å². The van der Waals surface area contributed by atoms with Gasteiger partial charge in [-0.05, 0) is 25.8 Å². The van der Waals surface area contributed by atoms with Crippen LogP contribution < -0.4 is 11.1 Å². The van der Waals surface area contributed by atoms with E-state index in [0.29, 0.717) is 19.0 Å². The lowest BCUT2D eigenvalue weighted by Gasteiger charge is -2.10. The second-order valence-corrected chi connectivity index (χ2v) is 5.36. The number of benzene rings is 1. The molecule has 0 saturated carbocycles. The largest absolute Gasteiger partial charge is 0.459 e. The van der Waals surface area contributed by atoms with Gasteiger partial charge in [0, 0.05) is 24.1 Å². The lowest BCUT2D eigenvalue weighted by Crippen LogP contribution is -2.37. The fourth-order valence-electron chi connectivity index (χ4n) is 2.61. The molecule has 0 spiro atoms. The quantitative estimate of drug-likeness (QED) is 0.668. The monoisotopic (exact) mass is 287 g/mol. The van der Waals surface area contributed by atoms with Gasteiger partial charge in [0.05, 0.1) is 6.10 Å². The van der Waals surface area contributed by atoms with Crippen molar-refractivity contribution in [1.82, 2.24) is 5.32 Å². The summed E-state index contributed by atoms with van der Waals surface area (Å²) in [4.78, 5) is 4.35. The molecule has 1 aromatic heterocycles. The number of fused-ring (bicyclic) bond motifs is 1. The predicted octanol–water partition coefficient (Wildman–Crippen LogP) is 2.32. The lowest BCUT2D eigenvalue weighted by molar-refractivity contribution is 0.114. The van der Waals surface area contributed by atoms with Crippen molar-refractivity contribution in [3.63, 3.8) is 0 Å². The van der Waals surface area contributed by atoms with Crippen molar-refractivity contribution < 1.29 is 9.15 Å². The highest BCUT2D eigenvalue weighted by atomic mass is 16.5. The number of guanidine groups is 1. The van der Waals surface area contributed by atoms with Crippen LogP contribution in [0.3, 0.4) is 0 Å². The van der Waals surface area contributed by atoms with E-state index in [2.05, 4.69) is 16.4 Å². The van der Waals surface area contributed by atoms with E-state index in [1.807, 2.05) is 25.1 Å². The number of furan rings is 1. The van der Waals surface area contributed by atoms with E-state index in [9.17, 15) is 0 Å². The Morgan fingerprint density at radius 3 is 3.05 bits per heavy atom. The molecule has 21 heavy (non-hydrogen) atoms. The van der Waals surface area contributed by atoms with Gasteiger partial charge in [0.2, 0.25) is 0 Å². The third-order valence-corrected chi connectivity index (χ3v) is 3.87. The van der Waals surface area contributed by atoms with Crippen LogP contribution in [0.2, 0.25) is 0 Å². The first-order valence-electron chi connectivity index (χ1n) is 7.36. The average Bonchev–Trinajstić information content (AvgIpc) is 3.12. The van der Waals surface area contributed by atoms with Crippen LogP contribution in [0.5, 0.6) is 0 Å². The van der Waals surface area contributed by atoms with Gasteiger partial charge in [0.1, 0.15) is 17.9 Å². The fraction of sp³-hybridized carbons (Fsp3) is 0.438. The van der Waals surface area contributed by atoms with Crippen molar-refractivity contribution in [2.45, 2.75) is 32.4 Å². The van der Waals surface area contributed by atoms with E-state index in [-0.39, 0.29) is 6.10 Å². The van der Waals surface area contributed by atoms with Gasteiger partial charge in [0.15, 0.2) is 5.96 Å². The standard InChI is InChI=1S/C16H21N3O2/c1-11-13-6-2-3-7-14(13)21-15(11)10-19-16(17)18-9-12-5-4-8-20-12/h2-3,6-7,12H,4-5,8-10H2,1H3,(H3,17,18,19). The summed E-state index contributed by atoms with van der Waals surface area (Å²) in [6.07, 6.45) is 2.47. The first kappa shape index (κ1) is 13.9. The minimum Gasteiger partial charge on any atom is -0.459 e. The van der Waals surface area contributed by atoms with Crippen LogP contribution in [0.25, 0.3) is 11.0 Å². The zero-order chi connectivity index (χ0) is 14.7. The van der Waals surface area contributed by atoms with E-state index >= 15 is 0 Å². The van der Waals surface area contributed by atoms with Crippen molar-refractivity contribution in [2.24, 2.45) is 10.7 Å². The zero-order valence-corrected chi connectivity index (χ0v) is 12.3. The number of aliphatic imine (C=N–C) groups is 1. The molecule has 112 valence electrons. The molecule has 1 atom stereocenters. The summed E-state index contributed by atoms with van der Waals surface area (Å²) < 4.78 is 11.3. The number of aryl methyl sites for hydroxylation is 1. The minimum absolute atomic E-state index is 0.256. The average molecular weight is 287 g/mol. The summed E-state index contributed by atoms with van der Waals surface area (Å²) in [5.74, 6) is 1.29. The number of nitrogens with one attached hydrogen (secondary N) is 1. The Morgan fingerprint density at radius 1 is 1.43 bits per heavy atom. The second-order valence-electron chi connectivity index (χ2n) is 5.36. The van der Waals surface area contributed by atoms with E-state index in [4.69, 9.17) is 14.9 Å². The lowest BCUT2D eigenvalue weighted by atomic mass is 10.1. The molecule has 2 aromatic rings. The fourth-order valence-corrected chi connectivity index (χ4v) is 2.61. The highest BCUT2D eigenvalue weighted by Crippen LogP contribution is 2.25. The molecule has 0 aliphatic carbocycles. The van der Waals surface area contributed by atoms with Crippen LogP contribution in [0, 0.1) is 6.92 Å². The Kier molecular flexibility index (Phi) is 4.10. The molecule has 0 amide bonds. The number of hydrogen-bond donors (Lipinski definition) is 2. The minimum atomic E-state index is 0.256. The molecular weight excluding hydrogens is 266 g/mol. The Labute approximate surface area is 124 Å². The topological polar surface area (TPSA) is 72.8 Å². The molecule has 5 nitrogen and oxygen atoms in total. The summed E-state index contributed by atoms with van der Waals surface area (Å²) in [5, 5.41) is 4.24. The van der Waals surface area contributed by atoms with Gasteiger partial charge >= 0.3 is 0 Å². The molecule has 0 bridgehead atoms. The van der Waals surface area contributed by atoms with E-state index < -0.39 is 0 Å². The highest BCUT2D eigenvalue weighted by molar-refractivity contribution is 5.82. The van der Waals surface area contributed by atoms with E-state index in [0.717, 1.165) is 41.7 Å². The molecule has 1 aromatic carbocycles. The van der Waals surface area contributed by atoms with Crippen LogP contribution in [0.4, 0.5) is 0 Å². The third kappa shape index (κ3) is 3.19. The summed E-state index contributed by atoms with van der Waals surface area (Å²) in [6.45, 7) is 4.06. The van der Waals surface area contributed by atoms with Crippen LogP contribution >= 0.6 is 0 Å². The Hall–Kier alpha value is -2.01. The maximum absolute atomic E-state index is 5.89. The third-order valence-electron chi connectivity index (χ3n) is 3.87. The van der Waals surface area contributed by atoms with Gasteiger partial charge in [-0.1, -0.05) is 18.2 Å². The molecule has 1 saturated heterocycles. The summed E-state index contributed by atoms with van der Waals surface area (Å²) in [5.41, 5.74) is 7.91. The van der Waals surface area contributed by atoms with Gasteiger partial charge in [0.25, 0.3) is 0 Å². The second kappa shape index (κ2) is 6.18. The summed E-state index contributed by atoms with van der Waals surface area (Å²) in [6, 6.07) is 8.00. The van der Waals surface area contributed by atoms with Gasteiger partial charge in [-0.25, -0.2) is 4.99 Å². The molecule has 1 aliphatic rings. The van der Waals surface area contributed by atoms with Gasteiger partial charge in [-0.2, -0.15) is 0 Å². The van der Waals surface area contributed by atoms with E-state index in [1.54, 1.807) is 0 Å². The zero-order valence-electron chi connectivity index (χ0n) is 12.3. The predicted molar refractivity (Wildman–Crippen MR) is 83.3 cm³/mol. The number of ether oxygens (including phenoxy) is 1. The van der Waals surface area contributed by atoms with E-state index in [1.165, 1.54) is 0 Å². The molecule has 1 fully saturated rings. The van der Waals surface area contributed by atoms with Crippen molar-refractivity contribution >= 4 is 16.9 Å². The molecule has 3 N–H and O–H groups in total. The van der Waals surface area contributed by atoms with Crippen molar-refractivity contribution in [3.05, 3.63) is 35.6 Å². The van der Waals surface area contributed by atoms with Crippen molar-refractivity contribution in [1.29, 1.82) is 0 Å². The van der Waals surface area contributed by atoms with Crippen LogP contribution in [-0.2, 0) is 11.3 Å². The number of hydrogen-bond acceptors (Lipinski definition) is 3. The number of nitrogens with two attached hydrogens (primary N) is 1. The highest BCUT2D eigenvalue weighted by Gasteiger charge is 2.15. The van der Waals surface area contributed by atoms with Crippen LogP contribution in [0.15, 0.2) is 33.7 Å². The summed E-state index contributed by atoms with van der Waals surface area (Å²) >= 11 is 0. The molecule has 0 radical (unpaired) electrons. The Bertz CT molecular complexity index is 642. The normalized spacial score (nSPS) is 19.3. The molecule has 5 heteroatoms.